The molecule has 0 unspecified atom stereocenters. The topological polar surface area (TPSA) is 84.8 Å². The molecular formula is C8H11BN4O. The number of nitrogens with two attached hydrogens (primary N) is 1. The molecule has 1 aromatic heterocycles. The van der Waals surface area contributed by atoms with Gasteiger partial charge in [-0.3, -0.25) is 0 Å². The van der Waals surface area contributed by atoms with Crippen molar-refractivity contribution in [3.8, 4) is 11.8 Å². The molecule has 2 N–H and O–H groups in total. The molecule has 14 heavy (non-hydrogen) atoms. The van der Waals surface area contributed by atoms with Crippen LogP contribution in [0.15, 0.2) is 12.1 Å². The number of ether oxygens (including phenoxy) is 1. The van der Waals surface area contributed by atoms with E-state index in [0.29, 0.717) is 24.6 Å². The third-order valence-electron chi connectivity index (χ3n) is 1.68. The second-order valence-electron chi connectivity index (χ2n) is 2.96. The fourth-order valence-electron chi connectivity index (χ4n) is 0.812. The highest BCUT2D eigenvalue weighted by atomic mass is 16.5. The summed E-state index contributed by atoms with van der Waals surface area (Å²) in [5, 5.41) is 15.9. The summed E-state index contributed by atoms with van der Waals surface area (Å²) in [7, 11) is 0. The Morgan fingerprint density at radius 3 is 2.93 bits per heavy atom. The maximum Gasteiger partial charge on any atom is 0.268 e. The van der Waals surface area contributed by atoms with Crippen molar-refractivity contribution in [1.29, 1.82) is 5.26 Å². The quantitative estimate of drug-likeness (QED) is 0.703. The molecule has 0 amide bonds. The Kier molecular flexibility index (Phi) is 3.74. The molecule has 1 aromatic rings. The van der Waals surface area contributed by atoms with E-state index in [2.05, 4.69) is 16.2 Å². The fraction of sp³-hybridized carbons (Fsp3) is 0.375. The van der Waals surface area contributed by atoms with E-state index in [1.807, 2.05) is 6.82 Å². The Morgan fingerprint density at radius 2 is 2.36 bits per heavy atom. The number of nitrogens with zero attached hydrogens (tertiary/aromatic N) is 3. The van der Waals surface area contributed by atoms with Gasteiger partial charge in [-0.05, 0) is 12.4 Å². The number of nitrogen functional groups attached to an aromatic ring is 1. The van der Waals surface area contributed by atoms with Crippen LogP contribution in [-0.2, 0) is 0 Å². The van der Waals surface area contributed by atoms with E-state index in [0.717, 1.165) is 0 Å². The van der Waals surface area contributed by atoms with Crippen LogP contribution in [0, 0.1) is 11.2 Å². The SMILES string of the molecule is CB(C#N)CCOc1ccc(N)nn1. The van der Waals surface area contributed by atoms with E-state index in [-0.39, 0.29) is 6.71 Å². The molecule has 0 spiro atoms. The lowest BCUT2D eigenvalue weighted by molar-refractivity contribution is 0.322. The van der Waals surface area contributed by atoms with Gasteiger partial charge in [0, 0.05) is 12.0 Å². The van der Waals surface area contributed by atoms with Crippen LogP contribution in [0.25, 0.3) is 0 Å². The zero-order valence-corrected chi connectivity index (χ0v) is 7.97. The minimum Gasteiger partial charge on any atom is -0.477 e. The normalized spacial score (nSPS) is 9.14. The zero-order valence-electron chi connectivity index (χ0n) is 7.97. The molecule has 1 rings (SSSR count). The third kappa shape index (κ3) is 3.31. The molecule has 0 bridgehead atoms. The van der Waals surface area contributed by atoms with Crippen molar-refractivity contribution >= 4 is 12.5 Å². The molecule has 0 fully saturated rings. The summed E-state index contributed by atoms with van der Waals surface area (Å²) < 4.78 is 5.25. The summed E-state index contributed by atoms with van der Waals surface area (Å²) in [5.41, 5.74) is 5.35. The van der Waals surface area contributed by atoms with Crippen LogP contribution in [0.4, 0.5) is 5.82 Å². The lowest BCUT2D eigenvalue weighted by Crippen LogP contribution is -2.10. The number of anilines is 1. The Labute approximate surface area is 83.0 Å². The second-order valence-corrected chi connectivity index (χ2v) is 2.96. The molecule has 5 nitrogen and oxygen atoms in total. The lowest BCUT2D eigenvalue weighted by Gasteiger charge is -2.03. The maximum absolute atomic E-state index is 8.52. The second kappa shape index (κ2) is 5.07. The highest BCUT2D eigenvalue weighted by molar-refractivity contribution is 6.65. The fourth-order valence-corrected chi connectivity index (χ4v) is 0.812. The molecule has 0 aromatic carbocycles. The number of hydrogen-bond donors (Lipinski definition) is 1. The number of hydrogen-bond acceptors (Lipinski definition) is 5. The monoisotopic (exact) mass is 190 g/mol. The molecule has 0 aliphatic heterocycles. The van der Waals surface area contributed by atoms with Crippen molar-refractivity contribution in [3.63, 3.8) is 0 Å². The molecular weight excluding hydrogens is 179 g/mol. The van der Waals surface area contributed by atoms with Crippen molar-refractivity contribution in [2.45, 2.75) is 13.1 Å². The van der Waals surface area contributed by atoms with Gasteiger partial charge in [0.05, 0.1) is 6.61 Å². The Hall–Kier alpha value is -1.77. The van der Waals surface area contributed by atoms with Crippen LogP contribution >= 0.6 is 0 Å². The first-order valence-electron chi connectivity index (χ1n) is 4.34. The van der Waals surface area contributed by atoms with Gasteiger partial charge in [0.2, 0.25) is 5.88 Å². The molecule has 0 radical (unpaired) electrons. The van der Waals surface area contributed by atoms with E-state index in [9.17, 15) is 0 Å². The largest absolute Gasteiger partial charge is 0.477 e. The number of nitriles is 1. The molecule has 0 atom stereocenters. The highest BCUT2D eigenvalue weighted by Crippen LogP contribution is 2.06. The molecule has 0 aliphatic rings. The van der Waals surface area contributed by atoms with Gasteiger partial charge in [0.15, 0.2) is 0 Å². The van der Waals surface area contributed by atoms with E-state index in [4.69, 9.17) is 15.7 Å². The summed E-state index contributed by atoms with van der Waals surface area (Å²) in [6.45, 7) is 2.31. The van der Waals surface area contributed by atoms with Gasteiger partial charge in [0.1, 0.15) is 5.82 Å². The van der Waals surface area contributed by atoms with E-state index < -0.39 is 0 Å². The van der Waals surface area contributed by atoms with Crippen LogP contribution in [0.5, 0.6) is 5.88 Å². The van der Waals surface area contributed by atoms with Crippen LogP contribution in [0.3, 0.4) is 0 Å². The first-order chi connectivity index (χ1) is 6.72. The average Bonchev–Trinajstić information content (AvgIpc) is 2.21. The van der Waals surface area contributed by atoms with Crippen LogP contribution in [0.2, 0.25) is 13.1 Å². The molecule has 0 saturated heterocycles. The summed E-state index contributed by atoms with van der Waals surface area (Å²) in [6, 6.07) is 3.27. The first-order valence-corrected chi connectivity index (χ1v) is 4.34. The third-order valence-corrected chi connectivity index (χ3v) is 1.68. The van der Waals surface area contributed by atoms with E-state index >= 15 is 0 Å². The van der Waals surface area contributed by atoms with Crippen molar-refractivity contribution in [2.75, 3.05) is 12.3 Å². The standard InChI is InChI=1S/C8H11BN4O/c1-9(6-10)4-5-14-8-3-2-7(11)12-13-8/h2-3H,4-5H2,1H3,(H2,11,12). The summed E-state index contributed by atoms with van der Waals surface area (Å²) in [4.78, 5) is 0. The van der Waals surface area contributed by atoms with Gasteiger partial charge < -0.3 is 10.5 Å². The van der Waals surface area contributed by atoms with Gasteiger partial charge in [-0.25, -0.2) is 5.26 Å². The smallest absolute Gasteiger partial charge is 0.268 e. The van der Waals surface area contributed by atoms with Crippen LogP contribution < -0.4 is 10.5 Å². The number of rotatable bonds is 4. The van der Waals surface area contributed by atoms with E-state index in [1.165, 1.54) is 0 Å². The minimum atomic E-state index is -0.00302. The van der Waals surface area contributed by atoms with Gasteiger partial charge in [-0.2, -0.15) is 0 Å². The van der Waals surface area contributed by atoms with Crippen molar-refractivity contribution in [3.05, 3.63) is 12.1 Å². The van der Waals surface area contributed by atoms with Crippen molar-refractivity contribution < 1.29 is 4.74 Å². The van der Waals surface area contributed by atoms with Crippen LogP contribution in [0.1, 0.15) is 0 Å². The summed E-state index contributed by atoms with van der Waals surface area (Å²) in [5.74, 6) is 2.92. The van der Waals surface area contributed by atoms with Crippen molar-refractivity contribution in [1.82, 2.24) is 10.2 Å². The molecule has 72 valence electrons. The van der Waals surface area contributed by atoms with Gasteiger partial charge in [-0.15, -0.1) is 10.2 Å². The number of aromatic nitrogens is 2. The lowest BCUT2D eigenvalue weighted by atomic mass is 9.52. The van der Waals surface area contributed by atoms with Crippen molar-refractivity contribution in [2.24, 2.45) is 0 Å². The first kappa shape index (κ1) is 10.3. The predicted molar refractivity (Wildman–Crippen MR) is 54.0 cm³/mol. The molecule has 0 saturated carbocycles. The molecule has 6 heteroatoms. The van der Waals surface area contributed by atoms with E-state index in [1.54, 1.807) is 12.1 Å². The highest BCUT2D eigenvalue weighted by Gasteiger charge is 2.05. The summed E-state index contributed by atoms with van der Waals surface area (Å²) in [6.07, 6.45) is 0.683. The van der Waals surface area contributed by atoms with Gasteiger partial charge >= 0.3 is 0 Å². The van der Waals surface area contributed by atoms with Gasteiger partial charge in [-0.1, -0.05) is 6.82 Å². The predicted octanol–water partition coefficient (Wildman–Crippen LogP) is 0.625. The molecule has 0 aliphatic carbocycles. The van der Waals surface area contributed by atoms with Crippen LogP contribution in [-0.4, -0.2) is 23.5 Å². The maximum atomic E-state index is 8.52. The Morgan fingerprint density at radius 1 is 1.57 bits per heavy atom. The Bertz CT molecular complexity index is 321. The summed E-state index contributed by atoms with van der Waals surface area (Å²) >= 11 is 0. The average molecular weight is 190 g/mol. The minimum absolute atomic E-state index is 0.00302. The molecule has 1 heterocycles. The zero-order chi connectivity index (χ0) is 10.4. The van der Waals surface area contributed by atoms with Gasteiger partial charge in [0.25, 0.3) is 6.71 Å². The Balaban J connectivity index is 2.32.